The summed E-state index contributed by atoms with van der Waals surface area (Å²) in [4.78, 5) is 27.6. The first-order valence-corrected chi connectivity index (χ1v) is 6.28. The van der Waals surface area contributed by atoms with Crippen molar-refractivity contribution < 1.29 is 14.4 Å². The zero-order valence-corrected chi connectivity index (χ0v) is 11.2. The SMILES string of the molecule is NC(=O)Nc1ccc(C(=O)NOCc2ccccc2)cc1. The summed E-state index contributed by atoms with van der Waals surface area (Å²) in [7, 11) is 0. The predicted octanol–water partition coefficient (Wildman–Crippen LogP) is 2.04. The first-order chi connectivity index (χ1) is 10.1. The summed E-state index contributed by atoms with van der Waals surface area (Å²) in [5, 5.41) is 2.41. The molecule has 2 aromatic rings. The number of urea groups is 1. The fourth-order valence-corrected chi connectivity index (χ4v) is 1.67. The van der Waals surface area contributed by atoms with Gasteiger partial charge in [-0.15, -0.1) is 0 Å². The van der Waals surface area contributed by atoms with Crippen molar-refractivity contribution in [3.05, 3.63) is 65.7 Å². The number of carbonyl (C=O) groups excluding carboxylic acids is 2. The third-order valence-electron chi connectivity index (χ3n) is 2.66. The molecule has 108 valence electrons. The Bertz CT molecular complexity index is 612. The second-order valence-electron chi connectivity index (χ2n) is 4.27. The number of nitrogens with two attached hydrogens (primary N) is 1. The average molecular weight is 285 g/mol. The summed E-state index contributed by atoms with van der Waals surface area (Å²) in [6, 6.07) is 15.1. The maximum Gasteiger partial charge on any atom is 0.316 e. The van der Waals surface area contributed by atoms with E-state index in [4.69, 9.17) is 10.6 Å². The number of carbonyl (C=O) groups is 2. The highest BCUT2D eigenvalue weighted by molar-refractivity contribution is 5.94. The van der Waals surface area contributed by atoms with Crippen LogP contribution in [0.5, 0.6) is 0 Å². The molecule has 0 unspecified atom stereocenters. The molecule has 2 aromatic carbocycles. The van der Waals surface area contributed by atoms with E-state index in [1.165, 1.54) is 0 Å². The Morgan fingerprint density at radius 2 is 1.67 bits per heavy atom. The molecule has 6 heteroatoms. The van der Waals surface area contributed by atoms with Crippen molar-refractivity contribution in [2.24, 2.45) is 5.73 Å². The van der Waals surface area contributed by atoms with Gasteiger partial charge >= 0.3 is 6.03 Å². The summed E-state index contributed by atoms with van der Waals surface area (Å²) < 4.78 is 0. The molecule has 0 fully saturated rings. The third-order valence-corrected chi connectivity index (χ3v) is 2.66. The molecule has 6 nitrogen and oxygen atoms in total. The number of hydrogen-bond donors (Lipinski definition) is 3. The summed E-state index contributed by atoms with van der Waals surface area (Å²) in [6.45, 7) is 0.286. The molecule has 0 radical (unpaired) electrons. The first kappa shape index (κ1) is 14.5. The van der Waals surface area contributed by atoms with Gasteiger partial charge in [0.1, 0.15) is 0 Å². The van der Waals surface area contributed by atoms with E-state index in [0.29, 0.717) is 11.3 Å². The monoisotopic (exact) mass is 285 g/mol. The quantitative estimate of drug-likeness (QED) is 0.734. The van der Waals surface area contributed by atoms with Crippen molar-refractivity contribution in [2.75, 3.05) is 5.32 Å². The Kier molecular flexibility index (Phi) is 4.89. The van der Waals surface area contributed by atoms with Crippen molar-refractivity contribution in [2.45, 2.75) is 6.61 Å². The highest BCUT2D eigenvalue weighted by Crippen LogP contribution is 2.09. The number of hydroxylamine groups is 1. The number of anilines is 1. The lowest BCUT2D eigenvalue weighted by molar-refractivity contribution is 0.0233. The Hall–Kier alpha value is -2.86. The van der Waals surface area contributed by atoms with E-state index in [9.17, 15) is 9.59 Å². The molecule has 21 heavy (non-hydrogen) atoms. The zero-order valence-electron chi connectivity index (χ0n) is 11.2. The molecule has 0 heterocycles. The minimum absolute atomic E-state index is 0.286. The van der Waals surface area contributed by atoms with E-state index in [1.807, 2.05) is 30.3 Å². The molecule has 0 saturated carbocycles. The van der Waals surface area contributed by atoms with Crippen LogP contribution in [0.4, 0.5) is 10.5 Å². The second-order valence-corrected chi connectivity index (χ2v) is 4.27. The lowest BCUT2D eigenvalue weighted by atomic mass is 10.2. The largest absolute Gasteiger partial charge is 0.351 e. The van der Waals surface area contributed by atoms with Crippen LogP contribution in [0.25, 0.3) is 0 Å². The number of benzene rings is 2. The van der Waals surface area contributed by atoms with E-state index < -0.39 is 6.03 Å². The van der Waals surface area contributed by atoms with Crippen molar-refractivity contribution in [3.8, 4) is 0 Å². The van der Waals surface area contributed by atoms with Crippen molar-refractivity contribution in [1.82, 2.24) is 5.48 Å². The second kappa shape index (κ2) is 7.06. The van der Waals surface area contributed by atoms with Crippen LogP contribution in [0.3, 0.4) is 0 Å². The number of hydrogen-bond acceptors (Lipinski definition) is 3. The number of amides is 3. The number of nitrogens with one attached hydrogen (secondary N) is 2. The van der Waals surface area contributed by atoms with E-state index >= 15 is 0 Å². The van der Waals surface area contributed by atoms with Crippen molar-refractivity contribution in [1.29, 1.82) is 0 Å². The Morgan fingerprint density at radius 1 is 1.00 bits per heavy atom. The maximum absolute atomic E-state index is 11.8. The molecule has 0 atom stereocenters. The minimum atomic E-state index is -0.654. The van der Waals surface area contributed by atoms with Crippen molar-refractivity contribution >= 4 is 17.6 Å². The van der Waals surface area contributed by atoms with Crippen LogP contribution in [0.2, 0.25) is 0 Å². The molecular weight excluding hydrogens is 270 g/mol. The van der Waals surface area contributed by atoms with Crippen LogP contribution < -0.4 is 16.5 Å². The standard InChI is InChI=1S/C15H15N3O3/c16-15(20)17-13-8-6-12(7-9-13)14(19)18-21-10-11-4-2-1-3-5-11/h1-9H,10H2,(H,18,19)(H3,16,17,20). The summed E-state index contributed by atoms with van der Waals surface area (Å²) >= 11 is 0. The molecule has 4 N–H and O–H groups in total. The highest BCUT2D eigenvalue weighted by Gasteiger charge is 2.05. The van der Waals surface area contributed by atoms with Crippen LogP contribution in [-0.2, 0) is 11.4 Å². The van der Waals surface area contributed by atoms with Gasteiger partial charge in [0.15, 0.2) is 0 Å². The van der Waals surface area contributed by atoms with Crippen molar-refractivity contribution in [3.63, 3.8) is 0 Å². The molecule has 0 aliphatic heterocycles. The van der Waals surface area contributed by atoms with Crippen LogP contribution >= 0.6 is 0 Å². The summed E-state index contributed by atoms with van der Waals surface area (Å²) in [6.07, 6.45) is 0. The molecule has 2 rings (SSSR count). The molecule has 0 aliphatic rings. The fraction of sp³-hybridized carbons (Fsp3) is 0.0667. The van der Waals surface area contributed by atoms with Crippen LogP contribution in [0.15, 0.2) is 54.6 Å². The summed E-state index contributed by atoms with van der Waals surface area (Å²) in [5.74, 6) is -0.364. The van der Waals surface area contributed by atoms with Gasteiger partial charge in [0, 0.05) is 11.3 Å². The van der Waals surface area contributed by atoms with E-state index in [2.05, 4.69) is 10.8 Å². The van der Waals surface area contributed by atoms with Crippen LogP contribution in [0, 0.1) is 0 Å². The number of primary amides is 1. The molecule has 0 bridgehead atoms. The molecule has 3 amide bonds. The van der Waals surface area contributed by atoms with Gasteiger partial charge in [0.2, 0.25) is 0 Å². The molecule has 0 aromatic heterocycles. The van der Waals surface area contributed by atoms with Gasteiger partial charge in [-0.3, -0.25) is 9.63 Å². The maximum atomic E-state index is 11.8. The van der Waals surface area contributed by atoms with Gasteiger partial charge < -0.3 is 11.1 Å². The van der Waals surface area contributed by atoms with Crippen LogP contribution in [-0.4, -0.2) is 11.9 Å². The molecule has 0 spiro atoms. The zero-order chi connectivity index (χ0) is 15.1. The number of rotatable bonds is 5. The Balaban J connectivity index is 1.84. The predicted molar refractivity (Wildman–Crippen MR) is 78.3 cm³/mol. The highest BCUT2D eigenvalue weighted by atomic mass is 16.6. The van der Waals surface area contributed by atoms with E-state index in [1.54, 1.807) is 24.3 Å². The van der Waals surface area contributed by atoms with E-state index in [-0.39, 0.29) is 12.5 Å². The average Bonchev–Trinajstić information content (AvgIpc) is 2.48. The third kappa shape index (κ3) is 4.63. The van der Waals surface area contributed by atoms with Gasteiger partial charge in [-0.1, -0.05) is 30.3 Å². The normalized spacial score (nSPS) is 9.90. The topological polar surface area (TPSA) is 93.5 Å². The molecule has 0 saturated heterocycles. The Labute approximate surface area is 121 Å². The lowest BCUT2D eigenvalue weighted by Crippen LogP contribution is -2.23. The first-order valence-electron chi connectivity index (χ1n) is 6.28. The smallest absolute Gasteiger partial charge is 0.316 e. The minimum Gasteiger partial charge on any atom is -0.351 e. The molecule has 0 aliphatic carbocycles. The van der Waals surface area contributed by atoms with Gasteiger partial charge in [-0.25, -0.2) is 10.3 Å². The van der Waals surface area contributed by atoms with E-state index in [0.717, 1.165) is 5.56 Å². The summed E-state index contributed by atoms with van der Waals surface area (Å²) in [5.41, 5.74) is 9.24. The molecular formula is C15H15N3O3. The van der Waals surface area contributed by atoms with Gasteiger partial charge in [0.05, 0.1) is 6.61 Å². The van der Waals surface area contributed by atoms with Gasteiger partial charge in [-0.05, 0) is 29.8 Å². The van der Waals surface area contributed by atoms with Gasteiger partial charge in [-0.2, -0.15) is 0 Å². The Morgan fingerprint density at radius 3 is 2.29 bits per heavy atom. The fourth-order valence-electron chi connectivity index (χ4n) is 1.67. The van der Waals surface area contributed by atoms with Gasteiger partial charge in [0.25, 0.3) is 5.91 Å². The lowest BCUT2D eigenvalue weighted by Gasteiger charge is -2.07. The van der Waals surface area contributed by atoms with Crippen LogP contribution in [0.1, 0.15) is 15.9 Å².